The molecule has 6 heteroatoms. The van der Waals surface area contributed by atoms with Gasteiger partial charge in [0, 0.05) is 22.7 Å². The molecule has 1 amide bonds. The zero-order valence-electron chi connectivity index (χ0n) is 12.9. The van der Waals surface area contributed by atoms with Gasteiger partial charge in [-0.25, -0.2) is 0 Å². The molecule has 0 atom stereocenters. The van der Waals surface area contributed by atoms with Crippen molar-refractivity contribution < 1.29 is 14.3 Å². The number of ether oxygens (including phenoxy) is 2. The van der Waals surface area contributed by atoms with Gasteiger partial charge >= 0.3 is 0 Å². The van der Waals surface area contributed by atoms with Crippen molar-refractivity contribution >= 4 is 29.1 Å². The molecule has 0 aromatic heterocycles. The topological polar surface area (TPSA) is 47.6 Å². The normalized spacial score (nSPS) is 10.3. The van der Waals surface area contributed by atoms with E-state index in [-0.39, 0.29) is 12.3 Å². The Balaban J connectivity index is 1.99. The fourth-order valence-corrected chi connectivity index (χ4v) is 2.42. The smallest absolute Gasteiger partial charge is 0.224 e. The van der Waals surface area contributed by atoms with Gasteiger partial charge in [-0.15, -0.1) is 0 Å². The monoisotopic (exact) mass is 353 g/mol. The number of hydrogen-bond donors (Lipinski definition) is 1. The summed E-state index contributed by atoms with van der Waals surface area (Å²) < 4.78 is 10.4. The Kier molecular flexibility index (Phi) is 6.13. The van der Waals surface area contributed by atoms with Gasteiger partial charge in [-0.1, -0.05) is 35.3 Å². The van der Waals surface area contributed by atoms with E-state index in [9.17, 15) is 4.79 Å². The van der Waals surface area contributed by atoms with E-state index in [2.05, 4.69) is 5.32 Å². The van der Waals surface area contributed by atoms with Crippen molar-refractivity contribution in [2.45, 2.75) is 13.0 Å². The molecule has 0 saturated heterocycles. The lowest BCUT2D eigenvalue weighted by molar-refractivity contribution is -0.120. The molecular formula is C17H17Cl2NO3. The minimum absolute atomic E-state index is 0.0989. The van der Waals surface area contributed by atoms with Crippen LogP contribution in [0.5, 0.6) is 11.5 Å². The number of halogens is 2. The van der Waals surface area contributed by atoms with E-state index in [0.717, 1.165) is 11.1 Å². The maximum atomic E-state index is 12.0. The number of carbonyl (C=O) groups excluding carboxylic acids is 1. The van der Waals surface area contributed by atoms with Gasteiger partial charge in [0.05, 0.1) is 20.6 Å². The van der Waals surface area contributed by atoms with Crippen molar-refractivity contribution in [2.24, 2.45) is 0 Å². The van der Waals surface area contributed by atoms with E-state index in [4.69, 9.17) is 32.7 Å². The van der Waals surface area contributed by atoms with Crippen molar-refractivity contribution in [2.75, 3.05) is 14.2 Å². The standard InChI is InChI=1S/C17H17Cl2NO3/c1-22-15-8-12(14(19)9-16(15)23-2)10-20-17(21)7-11-3-5-13(18)6-4-11/h3-6,8-9H,7,10H2,1-2H3,(H,20,21). The summed E-state index contributed by atoms with van der Waals surface area (Å²) >= 11 is 12.0. The van der Waals surface area contributed by atoms with E-state index >= 15 is 0 Å². The van der Waals surface area contributed by atoms with Crippen molar-refractivity contribution in [3.63, 3.8) is 0 Å². The molecule has 0 unspecified atom stereocenters. The highest BCUT2D eigenvalue weighted by Crippen LogP contribution is 2.32. The van der Waals surface area contributed by atoms with Crippen molar-refractivity contribution in [3.8, 4) is 11.5 Å². The highest BCUT2D eigenvalue weighted by Gasteiger charge is 2.11. The molecule has 0 aliphatic heterocycles. The summed E-state index contributed by atoms with van der Waals surface area (Å²) in [4.78, 5) is 12.0. The summed E-state index contributed by atoms with van der Waals surface area (Å²) in [6.45, 7) is 0.311. The summed E-state index contributed by atoms with van der Waals surface area (Å²) in [7, 11) is 3.09. The van der Waals surface area contributed by atoms with Crippen LogP contribution >= 0.6 is 23.2 Å². The molecule has 2 rings (SSSR count). The molecule has 0 spiro atoms. The van der Waals surface area contributed by atoms with Gasteiger partial charge in [-0.2, -0.15) is 0 Å². The van der Waals surface area contributed by atoms with Crippen LogP contribution in [0.2, 0.25) is 10.0 Å². The number of nitrogens with one attached hydrogen (secondary N) is 1. The molecular weight excluding hydrogens is 337 g/mol. The predicted molar refractivity (Wildman–Crippen MR) is 91.6 cm³/mol. The van der Waals surface area contributed by atoms with Crippen molar-refractivity contribution in [1.29, 1.82) is 0 Å². The van der Waals surface area contributed by atoms with Gasteiger partial charge in [-0.05, 0) is 29.3 Å². The zero-order chi connectivity index (χ0) is 16.8. The van der Waals surface area contributed by atoms with Crippen LogP contribution in [0.3, 0.4) is 0 Å². The summed E-state index contributed by atoms with van der Waals surface area (Å²) in [6, 6.07) is 10.6. The average Bonchev–Trinajstić information content (AvgIpc) is 2.55. The second kappa shape index (κ2) is 8.09. The van der Waals surface area contributed by atoms with Gasteiger partial charge in [0.1, 0.15) is 0 Å². The largest absolute Gasteiger partial charge is 0.493 e. The third-order valence-corrected chi connectivity index (χ3v) is 3.91. The minimum Gasteiger partial charge on any atom is -0.493 e. The molecule has 122 valence electrons. The Labute approximate surface area is 145 Å². The van der Waals surface area contributed by atoms with Crippen LogP contribution in [0.25, 0.3) is 0 Å². The molecule has 0 radical (unpaired) electrons. The van der Waals surface area contributed by atoms with E-state index in [1.165, 1.54) is 0 Å². The Morgan fingerprint density at radius 2 is 1.65 bits per heavy atom. The Hall–Kier alpha value is -1.91. The first-order chi connectivity index (χ1) is 11.0. The first-order valence-electron chi connectivity index (χ1n) is 6.95. The lowest BCUT2D eigenvalue weighted by atomic mass is 10.1. The third-order valence-electron chi connectivity index (χ3n) is 3.31. The summed E-state index contributed by atoms with van der Waals surface area (Å²) in [5.74, 6) is 1.02. The zero-order valence-corrected chi connectivity index (χ0v) is 14.4. The highest BCUT2D eigenvalue weighted by molar-refractivity contribution is 6.31. The fourth-order valence-electron chi connectivity index (χ4n) is 2.08. The van der Waals surface area contributed by atoms with Crippen molar-refractivity contribution in [3.05, 3.63) is 57.6 Å². The van der Waals surface area contributed by atoms with E-state index in [0.29, 0.717) is 28.1 Å². The second-order valence-electron chi connectivity index (χ2n) is 4.88. The fraction of sp³-hybridized carbons (Fsp3) is 0.235. The molecule has 1 N–H and O–H groups in total. The van der Waals surface area contributed by atoms with Crippen LogP contribution in [-0.2, 0) is 17.8 Å². The summed E-state index contributed by atoms with van der Waals surface area (Å²) in [5.41, 5.74) is 1.65. The Morgan fingerprint density at radius 3 is 2.26 bits per heavy atom. The van der Waals surface area contributed by atoms with E-state index in [1.807, 2.05) is 12.1 Å². The second-order valence-corrected chi connectivity index (χ2v) is 5.72. The first-order valence-corrected chi connectivity index (χ1v) is 7.70. The van der Waals surface area contributed by atoms with Gasteiger partial charge in [-0.3, -0.25) is 4.79 Å². The summed E-state index contributed by atoms with van der Waals surface area (Å²) in [6.07, 6.45) is 0.280. The van der Waals surface area contributed by atoms with Crippen LogP contribution in [0.15, 0.2) is 36.4 Å². The Bertz CT molecular complexity index is 687. The number of benzene rings is 2. The maximum absolute atomic E-state index is 12.0. The van der Waals surface area contributed by atoms with Crippen molar-refractivity contribution in [1.82, 2.24) is 5.32 Å². The van der Waals surface area contributed by atoms with E-state index < -0.39 is 0 Å². The van der Waals surface area contributed by atoms with Gasteiger partial charge in [0.25, 0.3) is 0 Å². The molecule has 0 heterocycles. The SMILES string of the molecule is COc1cc(Cl)c(CNC(=O)Cc2ccc(Cl)cc2)cc1OC. The quantitative estimate of drug-likeness (QED) is 0.857. The third kappa shape index (κ3) is 4.78. The van der Waals surface area contributed by atoms with Gasteiger partial charge in [0.2, 0.25) is 5.91 Å². The molecule has 0 aliphatic rings. The van der Waals surface area contributed by atoms with Gasteiger partial charge in [0.15, 0.2) is 11.5 Å². The van der Waals surface area contributed by atoms with Crippen LogP contribution in [-0.4, -0.2) is 20.1 Å². The molecule has 2 aromatic carbocycles. The summed E-state index contributed by atoms with van der Waals surface area (Å²) in [5, 5.41) is 3.99. The lowest BCUT2D eigenvalue weighted by Gasteiger charge is -2.12. The number of rotatable bonds is 6. The molecule has 0 fully saturated rings. The number of hydrogen-bond acceptors (Lipinski definition) is 3. The molecule has 0 saturated carbocycles. The maximum Gasteiger partial charge on any atom is 0.224 e. The van der Waals surface area contributed by atoms with Crippen LogP contribution in [0.4, 0.5) is 0 Å². The lowest BCUT2D eigenvalue weighted by Crippen LogP contribution is -2.24. The van der Waals surface area contributed by atoms with Crippen LogP contribution in [0, 0.1) is 0 Å². The number of amides is 1. The number of methoxy groups -OCH3 is 2. The average molecular weight is 354 g/mol. The first kappa shape index (κ1) is 17.4. The van der Waals surface area contributed by atoms with Gasteiger partial charge < -0.3 is 14.8 Å². The molecule has 0 bridgehead atoms. The van der Waals surface area contributed by atoms with Crippen LogP contribution in [0.1, 0.15) is 11.1 Å². The predicted octanol–water partition coefficient (Wildman–Crippen LogP) is 3.87. The molecule has 4 nitrogen and oxygen atoms in total. The minimum atomic E-state index is -0.0989. The van der Waals surface area contributed by atoms with E-state index in [1.54, 1.807) is 38.5 Å². The van der Waals surface area contributed by atoms with Crippen LogP contribution < -0.4 is 14.8 Å². The molecule has 23 heavy (non-hydrogen) atoms. The highest BCUT2D eigenvalue weighted by atomic mass is 35.5. The Morgan fingerprint density at radius 1 is 1.04 bits per heavy atom. The number of carbonyl (C=O) groups is 1. The molecule has 0 aliphatic carbocycles. The molecule has 2 aromatic rings.